The van der Waals surface area contributed by atoms with E-state index in [-0.39, 0.29) is 0 Å². The summed E-state index contributed by atoms with van der Waals surface area (Å²) in [6.07, 6.45) is 5.06. The van der Waals surface area contributed by atoms with Crippen molar-refractivity contribution in [1.82, 2.24) is 14.8 Å². The predicted octanol–water partition coefficient (Wildman–Crippen LogP) is 1.45. The minimum atomic E-state index is 0.295. The third-order valence-electron chi connectivity index (χ3n) is 2.91. The van der Waals surface area contributed by atoms with Crippen LogP contribution in [0.15, 0.2) is 11.6 Å². The van der Waals surface area contributed by atoms with Crippen molar-refractivity contribution in [2.75, 3.05) is 0 Å². The predicted molar refractivity (Wildman–Crippen MR) is 64.0 cm³/mol. The Morgan fingerprint density at radius 1 is 1.56 bits per heavy atom. The normalized spacial score (nSPS) is 19.8. The van der Waals surface area contributed by atoms with Crippen molar-refractivity contribution in [3.63, 3.8) is 0 Å². The number of aromatic nitrogens is 3. The molecule has 5 heteroatoms. The molecule has 0 amide bonds. The van der Waals surface area contributed by atoms with E-state index in [1.54, 1.807) is 11.3 Å². The maximum atomic E-state index is 5.95. The Labute approximate surface area is 98.1 Å². The Morgan fingerprint density at radius 3 is 3.19 bits per heavy atom. The molecule has 0 saturated heterocycles. The van der Waals surface area contributed by atoms with Crippen LogP contribution in [-0.4, -0.2) is 20.8 Å². The van der Waals surface area contributed by atoms with Crippen LogP contribution in [0, 0.1) is 6.92 Å². The summed E-state index contributed by atoms with van der Waals surface area (Å²) in [7, 11) is 0. The number of nitrogens with two attached hydrogens (primary N) is 1. The van der Waals surface area contributed by atoms with E-state index in [1.165, 1.54) is 11.3 Å². The molecule has 3 rings (SSSR count). The van der Waals surface area contributed by atoms with Gasteiger partial charge in [0.1, 0.15) is 0 Å². The van der Waals surface area contributed by atoms with Crippen molar-refractivity contribution >= 4 is 11.3 Å². The Hall–Kier alpha value is -1.20. The highest BCUT2D eigenvalue weighted by Crippen LogP contribution is 2.22. The molecule has 0 bridgehead atoms. The zero-order chi connectivity index (χ0) is 11.1. The van der Waals surface area contributed by atoms with Crippen molar-refractivity contribution in [2.24, 2.45) is 5.73 Å². The van der Waals surface area contributed by atoms with Crippen LogP contribution in [0.3, 0.4) is 0 Å². The van der Waals surface area contributed by atoms with Gasteiger partial charge in [-0.05, 0) is 31.7 Å². The zero-order valence-electron chi connectivity index (χ0n) is 9.18. The molecule has 0 fully saturated rings. The Morgan fingerprint density at radius 2 is 2.44 bits per heavy atom. The van der Waals surface area contributed by atoms with Gasteiger partial charge in [0.15, 0.2) is 0 Å². The molecule has 2 aromatic rings. The van der Waals surface area contributed by atoms with Gasteiger partial charge in [0, 0.05) is 17.6 Å². The van der Waals surface area contributed by atoms with E-state index in [0.29, 0.717) is 6.04 Å². The number of rotatable bonds is 1. The standard InChI is InChI=1S/C11H14N4S/c1-7-6-16-11(13-7)15-5-8-4-9(12)2-3-10(8)14-15/h5-6,9H,2-4,12H2,1H3. The summed E-state index contributed by atoms with van der Waals surface area (Å²) < 4.78 is 1.89. The molecule has 2 aromatic heterocycles. The third kappa shape index (κ3) is 1.66. The first kappa shape index (κ1) is 9.99. The van der Waals surface area contributed by atoms with Gasteiger partial charge in [-0.15, -0.1) is 11.3 Å². The number of hydrogen-bond donors (Lipinski definition) is 1. The largest absolute Gasteiger partial charge is 0.327 e. The lowest BCUT2D eigenvalue weighted by Crippen LogP contribution is -2.27. The second kappa shape index (κ2) is 3.68. The van der Waals surface area contributed by atoms with Crippen molar-refractivity contribution in [3.8, 4) is 5.13 Å². The highest BCUT2D eigenvalue weighted by molar-refractivity contribution is 7.12. The first-order valence-electron chi connectivity index (χ1n) is 5.48. The lowest BCUT2D eigenvalue weighted by atomic mass is 9.94. The van der Waals surface area contributed by atoms with Crippen molar-refractivity contribution < 1.29 is 0 Å². The molecule has 0 saturated carbocycles. The zero-order valence-corrected chi connectivity index (χ0v) is 10.00. The maximum absolute atomic E-state index is 5.95. The van der Waals surface area contributed by atoms with Crippen molar-refractivity contribution in [1.29, 1.82) is 0 Å². The number of thiazole rings is 1. The van der Waals surface area contributed by atoms with Gasteiger partial charge in [0.05, 0.1) is 11.4 Å². The molecular formula is C11H14N4S. The number of hydrogen-bond acceptors (Lipinski definition) is 4. The molecule has 84 valence electrons. The highest BCUT2D eigenvalue weighted by Gasteiger charge is 2.19. The quantitative estimate of drug-likeness (QED) is 0.812. The summed E-state index contributed by atoms with van der Waals surface area (Å²) in [5.41, 5.74) is 9.47. The Bertz CT molecular complexity index is 514. The minimum Gasteiger partial charge on any atom is -0.327 e. The number of nitrogens with zero attached hydrogens (tertiary/aromatic N) is 3. The molecule has 1 aliphatic rings. The maximum Gasteiger partial charge on any atom is 0.210 e. The van der Waals surface area contributed by atoms with Crippen LogP contribution in [0.1, 0.15) is 23.4 Å². The average Bonchev–Trinajstić information content (AvgIpc) is 2.83. The van der Waals surface area contributed by atoms with Gasteiger partial charge < -0.3 is 5.73 Å². The second-order valence-corrected chi connectivity index (χ2v) is 5.16. The molecule has 1 atom stereocenters. The van der Waals surface area contributed by atoms with Crippen LogP contribution in [0.2, 0.25) is 0 Å². The smallest absolute Gasteiger partial charge is 0.210 e. The van der Waals surface area contributed by atoms with Crippen LogP contribution < -0.4 is 5.73 Å². The molecule has 1 unspecified atom stereocenters. The molecular weight excluding hydrogens is 220 g/mol. The summed E-state index contributed by atoms with van der Waals surface area (Å²) in [4.78, 5) is 4.43. The molecule has 0 aliphatic heterocycles. The Kier molecular flexibility index (Phi) is 2.29. The van der Waals surface area contributed by atoms with E-state index in [0.717, 1.165) is 30.1 Å². The van der Waals surface area contributed by atoms with Gasteiger partial charge in [0.25, 0.3) is 0 Å². The molecule has 1 aliphatic carbocycles. The molecule has 0 radical (unpaired) electrons. The van der Waals surface area contributed by atoms with Gasteiger partial charge in [-0.25, -0.2) is 9.67 Å². The summed E-state index contributed by atoms with van der Waals surface area (Å²) in [6.45, 7) is 2.00. The van der Waals surface area contributed by atoms with E-state index < -0.39 is 0 Å². The Balaban J connectivity index is 1.98. The van der Waals surface area contributed by atoms with E-state index in [1.807, 2.05) is 17.0 Å². The molecule has 0 spiro atoms. The lowest BCUT2D eigenvalue weighted by molar-refractivity contribution is 0.570. The first-order chi connectivity index (χ1) is 7.72. The topological polar surface area (TPSA) is 56.7 Å². The third-order valence-corrected chi connectivity index (χ3v) is 3.86. The molecule has 2 heterocycles. The van der Waals surface area contributed by atoms with Crippen LogP contribution in [0.5, 0.6) is 0 Å². The summed E-state index contributed by atoms with van der Waals surface area (Å²) in [5, 5.41) is 7.57. The fraction of sp³-hybridized carbons (Fsp3) is 0.455. The summed E-state index contributed by atoms with van der Waals surface area (Å²) >= 11 is 1.62. The first-order valence-corrected chi connectivity index (χ1v) is 6.36. The van der Waals surface area contributed by atoms with Crippen LogP contribution in [-0.2, 0) is 12.8 Å². The van der Waals surface area contributed by atoms with Gasteiger partial charge >= 0.3 is 0 Å². The molecule has 16 heavy (non-hydrogen) atoms. The minimum absolute atomic E-state index is 0.295. The van der Waals surface area contributed by atoms with Gasteiger partial charge in [-0.1, -0.05) is 0 Å². The molecule has 2 N–H and O–H groups in total. The van der Waals surface area contributed by atoms with Crippen molar-refractivity contribution in [3.05, 3.63) is 28.5 Å². The lowest BCUT2D eigenvalue weighted by Gasteiger charge is -2.15. The SMILES string of the molecule is Cc1csc(-n2cc3c(n2)CCC(N)C3)n1. The van der Waals surface area contributed by atoms with E-state index in [4.69, 9.17) is 5.73 Å². The van der Waals surface area contributed by atoms with Gasteiger partial charge in [0.2, 0.25) is 5.13 Å². The number of aryl methyl sites for hydroxylation is 2. The average molecular weight is 234 g/mol. The van der Waals surface area contributed by atoms with Crippen LogP contribution >= 0.6 is 11.3 Å². The molecule has 0 aromatic carbocycles. The van der Waals surface area contributed by atoms with Gasteiger partial charge in [-0.3, -0.25) is 0 Å². The van der Waals surface area contributed by atoms with E-state index >= 15 is 0 Å². The fourth-order valence-corrected chi connectivity index (χ4v) is 2.80. The second-order valence-electron chi connectivity index (χ2n) is 4.32. The van der Waals surface area contributed by atoms with Crippen LogP contribution in [0.4, 0.5) is 0 Å². The van der Waals surface area contributed by atoms with E-state index in [2.05, 4.69) is 16.3 Å². The fourth-order valence-electron chi connectivity index (χ4n) is 2.08. The molecule has 4 nitrogen and oxygen atoms in total. The van der Waals surface area contributed by atoms with Crippen LogP contribution in [0.25, 0.3) is 5.13 Å². The van der Waals surface area contributed by atoms with E-state index in [9.17, 15) is 0 Å². The van der Waals surface area contributed by atoms with Gasteiger partial charge in [-0.2, -0.15) is 5.10 Å². The summed E-state index contributed by atoms with van der Waals surface area (Å²) in [6, 6.07) is 0.295. The van der Waals surface area contributed by atoms with Crippen molar-refractivity contribution in [2.45, 2.75) is 32.2 Å². The number of fused-ring (bicyclic) bond motifs is 1. The monoisotopic (exact) mass is 234 g/mol. The highest BCUT2D eigenvalue weighted by atomic mass is 32.1. The summed E-state index contributed by atoms with van der Waals surface area (Å²) in [5.74, 6) is 0.